The van der Waals surface area contributed by atoms with E-state index in [1.54, 1.807) is 0 Å². The summed E-state index contributed by atoms with van der Waals surface area (Å²) in [6.07, 6.45) is 0.647. The molecule has 1 amide bonds. The summed E-state index contributed by atoms with van der Waals surface area (Å²) in [6, 6.07) is 8.75. The zero-order valence-electron chi connectivity index (χ0n) is 15.2. The number of nitrogens with zero attached hydrogens (tertiary/aromatic N) is 1. The summed E-state index contributed by atoms with van der Waals surface area (Å²) in [6.45, 7) is 0.257. The van der Waals surface area contributed by atoms with E-state index in [0.717, 1.165) is 12.1 Å². The minimum Gasteiger partial charge on any atom is -0.495 e. The number of sulfonamides is 1. The molecule has 1 N–H and O–H groups in total. The average Bonchev–Trinajstić information content (AvgIpc) is 2.69. The number of carbonyl (C=O) groups is 1. The molecule has 0 aliphatic carbocycles. The number of rotatable bonds is 5. The van der Waals surface area contributed by atoms with Crippen LogP contribution in [0.1, 0.15) is 12.8 Å². The number of ether oxygens (including phenoxy) is 1. The molecule has 0 atom stereocenters. The number of methoxy groups -OCH3 is 1. The molecule has 28 heavy (non-hydrogen) atoms. The molecule has 0 aromatic heterocycles. The lowest BCUT2D eigenvalue weighted by Gasteiger charge is -2.30. The Morgan fingerprint density at radius 2 is 1.68 bits per heavy atom. The number of hydrogen-bond acceptors (Lipinski definition) is 4. The van der Waals surface area contributed by atoms with Gasteiger partial charge in [0.25, 0.3) is 0 Å². The van der Waals surface area contributed by atoms with Gasteiger partial charge in [-0.25, -0.2) is 17.2 Å². The molecule has 1 saturated heterocycles. The summed E-state index contributed by atoms with van der Waals surface area (Å²) in [7, 11) is -2.63. The zero-order valence-corrected chi connectivity index (χ0v) is 16.0. The second kappa shape index (κ2) is 8.24. The summed E-state index contributed by atoms with van der Waals surface area (Å²) in [4.78, 5) is 12.1. The van der Waals surface area contributed by atoms with E-state index >= 15 is 0 Å². The van der Waals surface area contributed by atoms with Crippen LogP contribution in [0.25, 0.3) is 0 Å². The van der Waals surface area contributed by atoms with Gasteiger partial charge in [0.15, 0.2) is 0 Å². The molecule has 3 rings (SSSR count). The first-order valence-electron chi connectivity index (χ1n) is 8.71. The molecule has 150 valence electrons. The topological polar surface area (TPSA) is 75.7 Å². The number of benzene rings is 2. The minimum absolute atomic E-state index is 0.0672. The lowest BCUT2D eigenvalue weighted by Crippen LogP contribution is -2.41. The maximum atomic E-state index is 13.6. The largest absolute Gasteiger partial charge is 0.495 e. The average molecular weight is 410 g/mol. The molecule has 0 spiro atoms. The van der Waals surface area contributed by atoms with Crippen molar-refractivity contribution in [1.82, 2.24) is 4.31 Å². The number of amides is 1. The lowest BCUT2D eigenvalue weighted by atomic mass is 9.97. The summed E-state index contributed by atoms with van der Waals surface area (Å²) in [5, 5.41) is 2.71. The van der Waals surface area contributed by atoms with E-state index in [2.05, 4.69) is 5.32 Å². The van der Waals surface area contributed by atoms with Crippen LogP contribution in [0.2, 0.25) is 0 Å². The highest BCUT2D eigenvalue weighted by molar-refractivity contribution is 7.89. The molecule has 1 heterocycles. The Morgan fingerprint density at radius 1 is 1.07 bits per heavy atom. The smallest absolute Gasteiger partial charge is 0.246 e. The predicted octanol–water partition coefficient (Wildman–Crippen LogP) is 3.01. The fraction of sp³-hybridized carbons (Fsp3) is 0.316. The van der Waals surface area contributed by atoms with Crippen LogP contribution >= 0.6 is 0 Å². The van der Waals surface area contributed by atoms with E-state index in [4.69, 9.17) is 4.74 Å². The van der Waals surface area contributed by atoms with Gasteiger partial charge < -0.3 is 10.1 Å². The van der Waals surface area contributed by atoms with Crippen molar-refractivity contribution in [3.63, 3.8) is 0 Å². The third-order valence-corrected chi connectivity index (χ3v) is 6.60. The van der Waals surface area contributed by atoms with Crippen LogP contribution in [0.4, 0.5) is 14.5 Å². The first-order valence-corrected chi connectivity index (χ1v) is 10.2. The van der Waals surface area contributed by atoms with Gasteiger partial charge >= 0.3 is 0 Å². The highest BCUT2D eigenvalue weighted by Crippen LogP contribution is 2.30. The number of halogens is 2. The highest BCUT2D eigenvalue weighted by Gasteiger charge is 2.34. The molecule has 0 unspecified atom stereocenters. The maximum absolute atomic E-state index is 13.6. The normalized spacial score (nSPS) is 16.0. The first kappa shape index (κ1) is 20.2. The van der Waals surface area contributed by atoms with Gasteiger partial charge in [0, 0.05) is 24.7 Å². The molecular weight excluding hydrogens is 390 g/mol. The third kappa shape index (κ3) is 4.31. The fourth-order valence-electron chi connectivity index (χ4n) is 3.13. The molecule has 0 bridgehead atoms. The van der Waals surface area contributed by atoms with Crippen molar-refractivity contribution in [3.05, 3.63) is 54.1 Å². The van der Waals surface area contributed by atoms with Gasteiger partial charge in [0.05, 0.1) is 7.11 Å². The van der Waals surface area contributed by atoms with E-state index in [-0.39, 0.29) is 35.6 Å². The molecule has 1 aliphatic heterocycles. The summed E-state index contributed by atoms with van der Waals surface area (Å²) in [5.41, 5.74) is 0.478. The van der Waals surface area contributed by atoms with Crippen molar-refractivity contribution in [1.29, 1.82) is 0 Å². The van der Waals surface area contributed by atoms with Crippen LogP contribution in [-0.2, 0) is 14.8 Å². The monoisotopic (exact) mass is 410 g/mol. The van der Waals surface area contributed by atoms with Crippen LogP contribution in [0, 0.1) is 17.6 Å². The number of anilines is 1. The Bertz CT molecular complexity index is 956. The van der Waals surface area contributed by atoms with Crippen LogP contribution in [0.15, 0.2) is 47.4 Å². The Kier molecular flexibility index (Phi) is 5.95. The zero-order chi connectivity index (χ0) is 20.3. The van der Waals surface area contributed by atoms with E-state index in [1.807, 2.05) is 0 Å². The second-order valence-electron chi connectivity index (χ2n) is 6.47. The molecule has 1 aliphatic rings. The molecular formula is C19H20F2N2O4S. The van der Waals surface area contributed by atoms with Gasteiger partial charge in [-0.05, 0) is 55.3 Å². The van der Waals surface area contributed by atoms with Crippen LogP contribution in [0.5, 0.6) is 5.75 Å². The highest BCUT2D eigenvalue weighted by atomic mass is 32.2. The standard InChI is InChI=1S/C19H20F2N2O4S/c1-27-17-7-4-15(21)12-18(17)28(25,26)23-10-8-13(9-11-23)19(24)22-16-5-2-14(20)3-6-16/h2-7,12-13H,8-11H2,1H3,(H,22,24). The van der Waals surface area contributed by atoms with Crippen molar-refractivity contribution >= 4 is 21.6 Å². The summed E-state index contributed by atoms with van der Waals surface area (Å²) >= 11 is 0. The number of hydrogen-bond donors (Lipinski definition) is 1. The lowest BCUT2D eigenvalue weighted by molar-refractivity contribution is -0.120. The molecule has 6 nitrogen and oxygen atoms in total. The van der Waals surface area contributed by atoms with Crippen molar-refractivity contribution in [3.8, 4) is 5.75 Å². The van der Waals surface area contributed by atoms with E-state index < -0.39 is 21.7 Å². The quantitative estimate of drug-likeness (QED) is 0.822. The van der Waals surface area contributed by atoms with Crippen molar-refractivity contribution in [2.75, 3.05) is 25.5 Å². The molecule has 0 saturated carbocycles. The molecule has 1 fully saturated rings. The number of carbonyl (C=O) groups excluding carboxylic acids is 1. The van der Waals surface area contributed by atoms with Gasteiger partial charge in [-0.3, -0.25) is 4.79 Å². The van der Waals surface area contributed by atoms with Gasteiger partial charge in [0.2, 0.25) is 15.9 Å². The summed E-state index contributed by atoms with van der Waals surface area (Å²) < 4.78 is 58.5. The molecule has 2 aromatic rings. The molecule has 2 aromatic carbocycles. The van der Waals surface area contributed by atoms with E-state index in [0.29, 0.717) is 18.5 Å². The Morgan fingerprint density at radius 3 is 2.29 bits per heavy atom. The Balaban J connectivity index is 1.67. The number of piperidine rings is 1. The fourth-order valence-corrected chi connectivity index (χ4v) is 4.76. The molecule has 9 heteroatoms. The van der Waals surface area contributed by atoms with Gasteiger partial charge in [-0.2, -0.15) is 4.31 Å². The van der Waals surface area contributed by atoms with Crippen LogP contribution in [0.3, 0.4) is 0 Å². The maximum Gasteiger partial charge on any atom is 0.246 e. The van der Waals surface area contributed by atoms with Crippen molar-refractivity contribution < 1.29 is 26.7 Å². The first-order chi connectivity index (χ1) is 13.3. The van der Waals surface area contributed by atoms with Crippen LogP contribution < -0.4 is 10.1 Å². The van der Waals surface area contributed by atoms with Crippen molar-refractivity contribution in [2.24, 2.45) is 5.92 Å². The van der Waals surface area contributed by atoms with Crippen molar-refractivity contribution in [2.45, 2.75) is 17.7 Å². The van der Waals surface area contributed by atoms with E-state index in [9.17, 15) is 22.0 Å². The van der Waals surface area contributed by atoms with Gasteiger partial charge in [0.1, 0.15) is 22.3 Å². The Hall–Kier alpha value is -2.52. The summed E-state index contributed by atoms with van der Waals surface area (Å²) in [5.74, 6) is -1.62. The van der Waals surface area contributed by atoms with E-state index in [1.165, 1.54) is 41.7 Å². The SMILES string of the molecule is COc1ccc(F)cc1S(=O)(=O)N1CCC(C(=O)Nc2ccc(F)cc2)CC1. The molecule has 0 radical (unpaired) electrons. The second-order valence-corrected chi connectivity index (χ2v) is 8.38. The Labute approximate surface area is 162 Å². The predicted molar refractivity (Wildman–Crippen MR) is 99.5 cm³/mol. The minimum atomic E-state index is -3.95. The van der Waals surface area contributed by atoms with Gasteiger partial charge in [-0.15, -0.1) is 0 Å². The third-order valence-electron chi connectivity index (χ3n) is 4.68. The van der Waals surface area contributed by atoms with Gasteiger partial charge in [-0.1, -0.05) is 0 Å². The van der Waals surface area contributed by atoms with Crippen LogP contribution in [-0.4, -0.2) is 38.8 Å². The number of nitrogens with one attached hydrogen (secondary N) is 1.